The fourth-order valence-corrected chi connectivity index (χ4v) is 9.29. The number of hydrogen-bond acceptors (Lipinski definition) is 3. The van der Waals surface area contributed by atoms with E-state index < -0.39 is 8.56 Å². The largest absolute Gasteiger partial charge is 0.508 e. The number of phenolic OH excluding ortho intramolecular Hbond substituents is 1. The zero-order valence-corrected chi connectivity index (χ0v) is 15.6. The predicted molar refractivity (Wildman–Crippen MR) is 90.4 cm³/mol. The van der Waals surface area contributed by atoms with Gasteiger partial charge in [0.25, 0.3) is 0 Å². The van der Waals surface area contributed by atoms with Crippen LogP contribution in [0.25, 0.3) is 0 Å². The lowest BCUT2D eigenvalue weighted by Gasteiger charge is -2.45. The molecule has 1 aromatic carbocycles. The molecule has 0 radical (unpaired) electrons. The maximum Gasteiger partial charge on any atom is 0.349 e. The summed E-state index contributed by atoms with van der Waals surface area (Å²) in [5.41, 5.74) is 2.25. The third-order valence-electron chi connectivity index (χ3n) is 5.10. The minimum Gasteiger partial charge on any atom is -0.508 e. The zero-order chi connectivity index (χ0) is 16.3. The van der Waals surface area contributed by atoms with Gasteiger partial charge in [0.2, 0.25) is 0 Å². The number of phenols is 1. The van der Waals surface area contributed by atoms with E-state index in [4.69, 9.17) is 8.85 Å². The highest BCUT2D eigenvalue weighted by Gasteiger charge is 2.65. The molecule has 0 saturated carbocycles. The molecule has 2 atom stereocenters. The molecule has 1 N–H and O–H groups in total. The van der Waals surface area contributed by atoms with Gasteiger partial charge in [-0.2, -0.15) is 0 Å². The average molecular weight is 321 g/mol. The summed E-state index contributed by atoms with van der Waals surface area (Å²) in [4.78, 5) is 0. The van der Waals surface area contributed by atoms with Crippen molar-refractivity contribution in [1.29, 1.82) is 0 Å². The molecule has 1 fully saturated rings. The Kier molecular flexibility index (Phi) is 3.52. The summed E-state index contributed by atoms with van der Waals surface area (Å²) in [6.45, 7) is 13.5. The first-order chi connectivity index (χ1) is 10.1. The first-order valence-electron chi connectivity index (χ1n) is 8.20. The van der Waals surface area contributed by atoms with Gasteiger partial charge in [-0.3, -0.25) is 0 Å². The van der Waals surface area contributed by atoms with Crippen molar-refractivity contribution in [2.45, 2.75) is 76.7 Å². The Bertz CT molecular complexity index is 569. The van der Waals surface area contributed by atoms with Gasteiger partial charge in [-0.25, -0.2) is 0 Å². The van der Waals surface area contributed by atoms with Gasteiger partial charge in [-0.15, -0.1) is 0 Å². The van der Waals surface area contributed by atoms with Gasteiger partial charge in [-0.1, -0.05) is 53.7 Å². The van der Waals surface area contributed by atoms with Crippen LogP contribution in [0.4, 0.5) is 0 Å². The monoisotopic (exact) mass is 320 g/mol. The number of rotatable bonds is 0. The van der Waals surface area contributed by atoms with Crippen LogP contribution in [0.3, 0.4) is 0 Å². The van der Waals surface area contributed by atoms with Crippen molar-refractivity contribution in [2.75, 3.05) is 0 Å². The molecule has 1 heterocycles. The van der Waals surface area contributed by atoms with Crippen molar-refractivity contribution in [3.05, 3.63) is 29.3 Å². The minimum absolute atomic E-state index is 0.0107. The zero-order valence-electron chi connectivity index (χ0n) is 14.6. The van der Waals surface area contributed by atoms with Gasteiger partial charge in [0.05, 0.1) is 12.2 Å². The van der Waals surface area contributed by atoms with Crippen molar-refractivity contribution in [2.24, 2.45) is 0 Å². The Labute approximate surface area is 134 Å². The van der Waals surface area contributed by atoms with Gasteiger partial charge < -0.3 is 14.0 Å². The lowest BCUT2D eigenvalue weighted by molar-refractivity contribution is 0.144. The maximum absolute atomic E-state index is 10.1. The summed E-state index contributed by atoms with van der Waals surface area (Å²) in [6, 6.07) is 5.79. The van der Waals surface area contributed by atoms with Crippen LogP contribution in [-0.2, 0) is 21.7 Å². The topological polar surface area (TPSA) is 38.7 Å². The fraction of sp³-hybridized carbons (Fsp3) is 0.667. The van der Waals surface area contributed by atoms with E-state index in [1.807, 2.05) is 6.07 Å². The van der Waals surface area contributed by atoms with E-state index in [2.05, 4.69) is 47.6 Å². The molecule has 2 aliphatic rings. The second-order valence-electron chi connectivity index (χ2n) is 8.75. The molecule has 1 aromatic rings. The highest BCUT2D eigenvalue weighted by atomic mass is 28.4. The summed E-state index contributed by atoms with van der Waals surface area (Å²) in [5.74, 6) is 0.394. The SMILES string of the molecule is CC(C)(C)[Si]1(C(C)(C)C)OC2Cc3cccc(O)c3CC2O1. The minimum atomic E-state index is -2.40. The van der Waals surface area contributed by atoms with Crippen LogP contribution in [0.5, 0.6) is 5.75 Å². The average Bonchev–Trinajstić information content (AvgIpc) is 2.76. The smallest absolute Gasteiger partial charge is 0.349 e. The van der Waals surface area contributed by atoms with Crippen LogP contribution in [0.2, 0.25) is 10.1 Å². The van der Waals surface area contributed by atoms with E-state index in [0.717, 1.165) is 18.4 Å². The number of hydrogen-bond donors (Lipinski definition) is 1. The highest BCUT2D eigenvalue weighted by molar-refractivity contribution is 6.74. The number of aromatic hydroxyl groups is 1. The van der Waals surface area contributed by atoms with Crippen LogP contribution in [0.1, 0.15) is 52.7 Å². The van der Waals surface area contributed by atoms with Crippen LogP contribution in [-0.4, -0.2) is 25.9 Å². The van der Waals surface area contributed by atoms with Crippen LogP contribution in [0.15, 0.2) is 18.2 Å². The van der Waals surface area contributed by atoms with Crippen molar-refractivity contribution < 1.29 is 14.0 Å². The molecule has 3 nitrogen and oxygen atoms in total. The van der Waals surface area contributed by atoms with Crippen molar-refractivity contribution in [3.8, 4) is 5.75 Å². The first-order valence-corrected chi connectivity index (χ1v) is 10.0. The first kappa shape index (κ1) is 16.0. The van der Waals surface area contributed by atoms with Gasteiger partial charge in [-0.05, 0) is 17.2 Å². The molecule has 3 rings (SSSR count). The Morgan fingerprint density at radius 2 is 1.50 bits per heavy atom. The normalized spacial score (nSPS) is 27.4. The summed E-state index contributed by atoms with van der Waals surface area (Å²) < 4.78 is 13.4. The molecule has 122 valence electrons. The molecular weight excluding hydrogens is 292 g/mol. The molecule has 22 heavy (non-hydrogen) atoms. The molecular formula is C18H28O3Si. The Morgan fingerprint density at radius 3 is 2.05 bits per heavy atom. The van der Waals surface area contributed by atoms with Crippen molar-refractivity contribution in [1.82, 2.24) is 0 Å². The standard InChI is InChI=1S/C18H28O3Si/c1-17(2,3)22(18(4,5)6)20-15-10-12-8-7-9-14(19)13(12)11-16(15)21-22/h7-9,15-16,19H,10-11H2,1-6H3. The van der Waals surface area contributed by atoms with E-state index in [9.17, 15) is 5.11 Å². The van der Waals surface area contributed by atoms with E-state index in [1.165, 1.54) is 5.56 Å². The van der Waals surface area contributed by atoms with E-state index in [1.54, 1.807) is 6.07 Å². The Morgan fingerprint density at radius 1 is 0.955 bits per heavy atom. The predicted octanol–water partition coefficient (Wildman–Crippen LogP) is 4.32. The second-order valence-corrected chi connectivity index (χ2v) is 13.5. The third kappa shape index (κ3) is 2.24. The summed E-state index contributed by atoms with van der Waals surface area (Å²) in [6.07, 6.45) is 1.80. The molecule has 1 aliphatic carbocycles. The fourth-order valence-electron chi connectivity index (χ4n) is 4.25. The molecule has 1 saturated heterocycles. The molecule has 0 bridgehead atoms. The van der Waals surface area contributed by atoms with Crippen molar-refractivity contribution in [3.63, 3.8) is 0 Å². The van der Waals surface area contributed by atoms with Gasteiger partial charge in [0, 0.05) is 22.9 Å². The lowest BCUT2D eigenvalue weighted by atomic mass is 9.87. The van der Waals surface area contributed by atoms with Crippen LogP contribution < -0.4 is 0 Å². The Balaban J connectivity index is 1.98. The number of fused-ring (bicyclic) bond motifs is 2. The van der Waals surface area contributed by atoms with Crippen LogP contribution >= 0.6 is 0 Å². The highest BCUT2D eigenvalue weighted by Crippen LogP contribution is 2.57. The Hall–Kier alpha value is -0.843. The second kappa shape index (κ2) is 4.82. The molecule has 0 amide bonds. The molecule has 1 aliphatic heterocycles. The molecule has 4 heteroatoms. The quantitative estimate of drug-likeness (QED) is 0.724. The maximum atomic E-state index is 10.1. The summed E-state index contributed by atoms with van der Waals surface area (Å²) in [5, 5.41) is 10.2. The lowest BCUT2D eigenvalue weighted by Crippen LogP contribution is -2.54. The van der Waals surface area contributed by atoms with E-state index in [0.29, 0.717) is 5.75 Å². The van der Waals surface area contributed by atoms with E-state index in [-0.39, 0.29) is 22.3 Å². The number of benzene rings is 1. The van der Waals surface area contributed by atoms with Crippen LogP contribution in [0, 0.1) is 0 Å². The molecule has 0 spiro atoms. The van der Waals surface area contributed by atoms with Crippen molar-refractivity contribution >= 4 is 8.56 Å². The summed E-state index contributed by atoms with van der Waals surface area (Å²) in [7, 11) is -2.40. The van der Waals surface area contributed by atoms with E-state index >= 15 is 0 Å². The van der Waals surface area contributed by atoms with Gasteiger partial charge in [0.1, 0.15) is 5.75 Å². The van der Waals surface area contributed by atoms with Gasteiger partial charge >= 0.3 is 8.56 Å². The van der Waals surface area contributed by atoms with Gasteiger partial charge in [0.15, 0.2) is 0 Å². The molecule has 0 aromatic heterocycles. The summed E-state index contributed by atoms with van der Waals surface area (Å²) >= 11 is 0. The third-order valence-corrected chi connectivity index (χ3v) is 10.3. The molecule has 2 unspecified atom stereocenters.